The molecule has 1 N–H and O–H groups in total. The van der Waals surface area contributed by atoms with E-state index in [4.69, 9.17) is 14.2 Å². The third-order valence-electron chi connectivity index (χ3n) is 10.8. The van der Waals surface area contributed by atoms with Gasteiger partial charge in [-0.3, -0.25) is 9.59 Å². The number of nitrogens with zero attached hydrogens (tertiary/aromatic N) is 1. The van der Waals surface area contributed by atoms with Gasteiger partial charge in [0.15, 0.2) is 12.1 Å². The number of carboxylic acid groups (broad SMARTS) is 1. The summed E-state index contributed by atoms with van der Waals surface area (Å²) in [5.74, 6) is -1.53. The molecule has 8 heteroatoms. The zero-order valence-corrected chi connectivity index (χ0v) is 40.6. The third-order valence-corrected chi connectivity index (χ3v) is 10.8. The highest BCUT2D eigenvalue weighted by Gasteiger charge is 2.31. The number of aliphatic carboxylic acids is 1. The lowest BCUT2D eigenvalue weighted by Crippen LogP contribution is -2.50. The zero-order valence-electron chi connectivity index (χ0n) is 40.6. The Morgan fingerprint density at radius 2 is 0.855 bits per heavy atom. The van der Waals surface area contributed by atoms with E-state index in [-0.39, 0.29) is 36.2 Å². The zero-order chi connectivity index (χ0) is 45.6. The van der Waals surface area contributed by atoms with E-state index < -0.39 is 18.1 Å². The molecule has 62 heavy (non-hydrogen) atoms. The Balaban J connectivity index is 4.37. The number of rotatable bonds is 44. The monoisotopic (exact) mass is 869 g/mol. The molecule has 0 heterocycles. The fourth-order valence-electron chi connectivity index (χ4n) is 6.93. The average Bonchev–Trinajstić information content (AvgIpc) is 3.23. The van der Waals surface area contributed by atoms with Gasteiger partial charge in [0.2, 0.25) is 0 Å². The summed E-state index contributed by atoms with van der Waals surface area (Å²) in [7, 11) is 5.51. The molecule has 0 radical (unpaired) electrons. The second-order valence-corrected chi connectivity index (χ2v) is 17.7. The summed E-state index contributed by atoms with van der Waals surface area (Å²) in [6.45, 7) is 4.66. The van der Waals surface area contributed by atoms with Gasteiger partial charge in [0.1, 0.15) is 6.61 Å². The molecule has 0 amide bonds. The molecule has 0 aliphatic heterocycles. The van der Waals surface area contributed by atoms with Crippen molar-refractivity contribution in [1.82, 2.24) is 0 Å². The van der Waals surface area contributed by atoms with Crippen LogP contribution in [-0.2, 0) is 28.6 Å². The highest BCUT2D eigenvalue weighted by Crippen LogP contribution is 2.14. The van der Waals surface area contributed by atoms with Crippen LogP contribution in [-0.4, -0.2) is 80.6 Å². The van der Waals surface area contributed by atoms with Crippen molar-refractivity contribution >= 4 is 17.9 Å². The lowest BCUT2D eigenvalue weighted by molar-refractivity contribution is -0.887. The topological polar surface area (TPSA) is 99.1 Å². The van der Waals surface area contributed by atoms with E-state index in [1.807, 2.05) is 21.1 Å². The number of carboxylic acids is 1. The van der Waals surface area contributed by atoms with Crippen LogP contribution in [0.3, 0.4) is 0 Å². The van der Waals surface area contributed by atoms with Crippen molar-refractivity contribution in [3.63, 3.8) is 0 Å². The maximum Gasteiger partial charge on any atom is 0.362 e. The molecule has 0 aliphatic rings. The predicted octanol–water partition coefficient (Wildman–Crippen LogP) is 14.3. The first-order valence-corrected chi connectivity index (χ1v) is 25.0. The summed E-state index contributed by atoms with van der Waals surface area (Å²) in [5, 5.41) is 9.64. The van der Waals surface area contributed by atoms with Gasteiger partial charge in [-0.05, 0) is 89.9 Å². The van der Waals surface area contributed by atoms with E-state index in [0.717, 1.165) is 57.8 Å². The first-order chi connectivity index (χ1) is 30.1. The number of carbonyl (C=O) groups is 3. The molecule has 0 saturated heterocycles. The Labute approximate surface area is 381 Å². The second-order valence-electron chi connectivity index (χ2n) is 17.7. The standard InChI is InChI=1S/C54H93NO7/c1-6-8-10-12-14-16-18-20-22-24-25-26-27-29-30-32-34-36-38-40-42-44-52(56)61-49-50(48-60-47-46-51(54(58)59)55(3,4)5)62-53(57)45-43-41-39-37-35-33-31-28-23-21-19-17-15-13-11-9-7-2/h14,16,20-23,25-26,29-30,34,36,50-51H,6-13,15,17-19,24,27-28,31-33,35,37-49H2,1-5H3/p+1/b16-14+,22-20+,23-21+,26-25+,30-29+,36-34+. The number of likely N-dealkylation sites (N-methyl/N-ethyl adjacent to an activating group) is 1. The number of carbonyl (C=O) groups excluding carboxylic acids is 2. The van der Waals surface area contributed by atoms with E-state index in [0.29, 0.717) is 25.7 Å². The molecule has 8 nitrogen and oxygen atoms in total. The fraction of sp³-hybridized carbons (Fsp3) is 0.722. The van der Waals surface area contributed by atoms with Gasteiger partial charge in [-0.25, -0.2) is 4.79 Å². The van der Waals surface area contributed by atoms with E-state index in [1.54, 1.807) is 0 Å². The largest absolute Gasteiger partial charge is 0.477 e. The Kier molecular flexibility index (Phi) is 42.1. The summed E-state index contributed by atoms with van der Waals surface area (Å²) in [6.07, 6.45) is 56.6. The molecular weight excluding hydrogens is 775 g/mol. The highest BCUT2D eigenvalue weighted by molar-refractivity contribution is 5.72. The molecular formula is C54H94NO7+. The predicted molar refractivity (Wildman–Crippen MR) is 261 cm³/mol. The fourth-order valence-corrected chi connectivity index (χ4v) is 6.93. The summed E-state index contributed by atoms with van der Waals surface area (Å²) >= 11 is 0. The number of ether oxygens (including phenoxy) is 3. The van der Waals surface area contributed by atoms with Crippen LogP contribution in [0.15, 0.2) is 72.9 Å². The molecule has 0 aliphatic carbocycles. The number of esters is 2. The Morgan fingerprint density at radius 1 is 0.484 bits per heavy atom. The van der Waals surface area contributed by atoms with Crippen LogP contribution in [0.4, 0.5) is 0 Å². The van der Waals surface area contributed by atoms with Gasteiger partial charge >= 0.3 is 17.9 Å². The van der Waals surface area contributed by atoms with E-state index in [1.165, 1.54) is 103 Å². The van der Waals surface area contributed by atoms with Crippen molar-refractivity contribution in [3.05, 3.63) is 72.9 Å². The number of unbranched alkanes of at least 4 members (excludes halogenated alkanes) is 18. The minimum Gasteiger partial charge on any atom is -0.477 e. The van der Waals surface area contributed by atoms with Gasteiger partial charge in [0.25, 0.3) is 0 Å². The van der Waals surface area contributed by atoms with Crippen LogP contribution >= 0.6 is 0 Å². The summed E-state index contributed by atoms with van der Waals surface area (Å²) in [5.41, 5.74) is 0. The van der Waals surface area contributed by atoms with Crippen LogP contribution in [0.2, 0.25) is 0 Å². The second kappa shape index (κ2) is 44.4. The smallest absolute Gasteiger partial charge is 0.362 e. The molecule has 356 valence electrons. The summed E-state index contributed by atoms with van der Waals surface area (Å²) < 4.78 is 17.3. The molecule has 0 rings (SSSR count). The third kappa shape index (κ3) is 42.1. The molecule has 0 fully saturated rings. The van der Waals surface area contributed by atoms with Crippen LogP contribution in [0.25, 0.3) is 0 Å². The van der Waals surface area contributed by atoms with E-state index >= 15 is 0 Å². The van der Waals surface area contributed by atoms with E-state index in [9.17, 15) is 19.5 Å². The Hall–Kier alpha value is -3.23. The van der Waals surface area contributed by atoms with Gasteiger partial charge in [-0.2, -0.15) is 0 Å². The Bertz CT molecular complexity index is 1240. The van der Waals surface area contributed by atoms with E-state index in [2.05, 4.69) is 86.8 Å². The van der Waals surface area contributed by atoms with Gasteiger partial charge in [-0.15, -0.1) is 0 Å². The molecule has 0 bridgehead atoms. The Morgan fingerprint density at radius 3 is 1.34 bits per heavy atom. The van der Waals surface area contributed by atoms with Crippen molar-refractivity contribution in [3.8, 4) is 0 Å². The SMILES string of the molecule is CCCCC/C=C/C/C=C/C/C=C/C/C=C/C/C=C/CCCCC(=O)OCC(COCCC(C(=O)O)[N+](C)(C)C)OC(=O)CCCCCCCCC/C=C/CCCCCCCC. The lowest BCUT2D eigenvalue weighted by atomic mass is 10.1. The summed E-state index contributed by atoms with van der Waals surface area (Å²) in [6, 6.07) is -0.625. The highest BCUT2D eigenvalue weighted by atomic mass is 16.6. The van der Waals surface area contributed by atoms with Crippen molar-refractivity contribution in [2.45, 2.75) is 212 Å². The molecule has 2 unspecified atom stereocenters. The first-order valence-electron chi connectivity index (χ1n) is 25.0. The molecule has 0 aromatic rings. The quantitative estimate of drug-likeness (QED) is 0.0282. The van der Waals surface area contributed by atoms with Crippen molar-refractivity contribution in [1.29, 1.82) is 0 Å². The average molecular weight is 869 g/mol. The van der Waals surface area contributed by atoms with Crippen molar-refractivity contribution in [2.24, 2.45) is 0 Å². The van der Waals surface area contributed by atoms with Crippen LogP contribution < -0.4 is 0 Å². The molecule has 0 aromatic heterocycles. The molecule has 0 spiro atoms. The van der Waals surface area contributed by atoms with Crippen LogP contribution in [0, 0.1) is 0 Å². The normalized spacial score (nSPS) is 13.5. The maximum atomic E-state index is 12.8. The molecule has 0 saturated carbocycles. The summed E-state index contributed by atoms with van der Waals surface area (Å²) in [4.78, 5) is 37.1. The van der Waals surface area contributed by atoms with Crippen molar-refractivity contribution in [2.75, 3.05) is 41.0 Å². The van der Waals surface area contributed by atoms with Crippen LogP contribution in [0.1, 0.15) is 200 Å². The number of hydrogen-bond acceptors (Lipinski definition) is 6. The first kappa shape index (κ1) is 58.8. The molecule has 0 aromatic carbocycles. The van der Waals surface area contributed by atoms with Gasteiger partial charge < -0.3 is 23.8 Å². The minimum absolute atomic E-state index is 0.0426. The number of hydrogen-bond donors (Lipinski definition) is 1. The van der Waals surface area contributed by atoms with Crippen LogP contribution in [0.5, 0.6) is 0 Å². The van der Waals surface area contributed by atoms with Gasteiger partial charge in [0.05, 0.1) is 34.4 Å². The van der Waals surface area contributed by atoms with Crippen molar-refractivity contribution < 1.29 is 38.2 Å². The molecule has 2 atom stereocenters. The van der Waals surface area contributed by atoms with Gasteiger partial charge in [0, 0.05) is 19.3 Å². The number of quaternary nitrogens is 1. The lowest BCUT2D eigenvalue weighted by Gasteiger charge is -2.31. The number of allylic oxidation sites excluding steroid dienone is 12. The minimum atomic E-state index is -0.883. The maximum absolute atomic E-state index is 12.8. The van der Waals surface area contributed by atoms with Gasteiger partial charge in [-0.1, -0.05) is 164 Å².